The Morgan fingerprint density at radius 3 is 2.79 bits per heavy atom. The number of aromatic hydroxyl groups is 1. The van der Waals surface area contributed by atoms with Gasteiger partial charge in [-0.15, -0.1) is 0 Å². The summed E-state index contributed by atoms with van der Waals surface area (Å²) in [7, 11) is 0. The number of hydrogen-bond acceptors (Lipinski definition) is 7. The third kappa shape index (κ3) is 3.59. The average molecular weight is 390 g/mol. The van der Waals surface area contributed by atoms with Crippen LogP contribution < -0.4 is 21.8 Å². The molecule has 0 aliphatic heterocycles. The summed E-state index contributed by atoms with van der Waals surface area (Å²) in [5.74, 6) is 0.191. The number of rotatable bonds is 5. The second-order valence-corrected chi connectivity index (χ2v) is 6.87. The van der Waals surface area contributed by atoms with Crippen LogP contribution in [0.2, 0.25) is 0 Å². The molecule has 4 N–H and O–H groups in total. The predicted octanol–water partition coefficient (Wildman–Crippen LogP) is 0.0692. The number of nitrogens with one attached hydrogen (secondary N) is 3. The van der Waals surface area contributed by atoms with E-state index in [-0.39, 0.29) is 17.6 Å². The average Bonchev–Trinajstić information content (AvgIpc) is 3.36. The molecule has 1 saturated carbocycles. The number of aromatic nitrogens is 6. The van der Waals surface area contributed by atoms with Gasteiger partial charge in [-0.3, -0.25) is 4.98 Å². The molecule has 0 bridgehead atoms. The SMILES string of the molecule is O=c1[nH]c(O)c(C=c2cnn3c(=NC4CC4)nc(NCc4ccccc4)nc23)[nH]1. The van der Waals surface area contributed by atoms with Gasteiger partial charge in [0.2, 0.25) is 11.8 Å². The highest BCUT2D eigenvalue weighted by atomic mass is 16.3. The number of imidazole rings is 1. The van der Waals surface area contributed by atoms with Crippen LogP contribution in [0.25, 0.3) is 11.7 Å². The van der Waals surface area contributed by atoms with Crippen LogP contribution in [0, 0.1) is 0 Å². The largest absolute Gasteiger partial charge is 0.493 e. The summed E-state index contributed by atoms with van der Waals surface area (Å²) in [6.45, 7) is 0.568. The van der Waals surface area contributed by atoms with Crippen LogP contribution in [-0.4, -0.2) is 40.7 Å². The highest BCUT2D eigenvalue weighted by molar-refractivity contribution is 5.57. The lowest BCUT2D eigenvalue weighted by Gasteiger charge is -2.05. The molecule has 1 aromatic carbocycles. The molecule has 1 aliphatic carbocycles. The normalized spacial score (nSPS) is 15.3. The maximum atomic E-state index is 11.4. The monoisotopic (exact) mass is 390 g/mol. The van der Waals surface area contributed by atoms with E-state index in [9.17, 15) is 9.90 Å². The smallest absolute Gasteiger partial charge is 0.326 e. The fourth-order valence-electron chi connectivity index (χ4n) is 2.94. The molecule has 10 nitrogen and oxygen atoms in total. The van der Waals surface area contributed by atoms with Crippen LogP contribution in [0.5, 0.6) is 5.88 Å². The highest BCUT2D eigenvalue weighted by Crippen LogP contribution is 2.22. The van der Waals surface area contributed by atoms with Gasteiger partial charge >= 0.3 is 5.69 Å². The van der Waals surface area contributed by atoms with Gasteiger partial charge in [-0.25, -0.2) is 9.79 Å². The summed E-state index contributed by atoms with van der Waals surface area (Å²) in [6.07, 6.45) is 5.28. The molecule has 0 unspecified atom stereocenters. The molecular formula is C19H18N8O2. The summed E-state index contributed by atoms with van der Waals surface area (Å²) in [4.78, 5) is 29.9. The van der Waals surface area contributed by atoms with E-state index in [2.05, 4.69) is 35.3 Å². The molecule has 3 heterocycles. The molecule has 5 rings (SSSR count). The van der Waals surface area contributed by atoms with E-state index in [4.69, 9.17) is 0 Å². The second kappa shape index (κ2) is 6.89. The van der Waals surface area contributed by atoms with Gasteiger partial charge < -0.3 is 15.4 Å². The minimum atomic E-state index is -0.491. The molecule has 146 valence electrons. The topological polar surface area (TPSA) is 136 Å². The van der Waals surface area contributed by atoms with Crippen LogP contribution >= 0.6 is 0 Å². The van der Waals surface area contributed by atoms with Crippen LogP contribution in [0.3, 0.4) is 0 Å². The van der Waals surface area contributed by atoms with Gasteiger partial charge in [-0.2, -0.15) is 19.6 Å². The Bertz CT molecular complexity index is 1350. The van der Waals surface area contributed by atoms with Crippen LogP contribution in [-0.2, 0) is 6.54 Å². The van der Waals surface area contributed by atoms with Crippen molar-refractivity contribution in [3.05, 3.63) is 69.1 Å². The van der Waals surface area contributed by atoms with Gasteiger partial charge in [0.15, 0.2) is 5.65 Å². The first kappa shape index (κ1) is 17.2. The Balaban J connectivity index is 1.61. The standard InChI is InChI=1S/C19H18N8O2/c28-16-14(23-19(29)25-16)8-12-10-21-27-15(12)24-17(26-18(27)22-13-6-7-13)20-9-11-4-2-1-3-5-11/h1-5,8,10,13,28H,6-7,9H2,(H,20,22,26)(H2,23,25,29). The molecule has 0 atom stereocenters. The number of fused-ring (bicyclic) bond motifs is 1. The van der Waals surface area contributed by atoms with Crippen molar-refractivity contribution in [2.24, 2.45) is 4.99 Å². The maximum absolute atomic E-state index is 11.4. The van der Waals surface area contributed by atoms with Crippen molar-refractivity contribution in [2.45, 2.75) is 25.4 Å². The number of anilines is 1. The van der Waals surface area contributed by atoms with E-state index in [0.29, 0.717) is 29.0 Å². The van der Waals surface area contributed by atoms with Gasteiger partial charge in [0.1, 0.15) is 5.69 Å². The summed E-state index contributed by atoms with van der Waals surface area (Å²) in [5.41, 5.74) is 1.86. The summed E-state index contributed by atoms with van der Waals surface area (Å²) >= 11 is 0. The Hall–Kier alpha value is -3.95. The predicted molar refractivity (Wildman–Crippen MR) is 105 cm³/mol. The fourth-order valence-corrected chi connectivity index (χ4v) is 2.94. The first-order valence-corrected chi connectivity index (χ1v) is 9.26. The number of H-pyrrole nitrogens is 2. The van der Waals surface area contributed by atoms with E-state index in [1.54, 1.807) is 16.8 Å². The Morgan fingerprint density at radius 2 is 2.07 bits per heavy atom. The van der Waals surface area contributed by atoms with Crippen LogP contribution in [0.15, 0.2) is 46.3 Å². The van der Waals surface area contributed by atoms with E-state index in [1.807, 2.05) is 30.3 Å². The highest BCUT2D eigenvalue weighted by Gasteiger charge is 2.21. The first-order chi connectivity index (χ1) is 14.2. The molecule has 29 heavy (non-hydrogen) atoms. The van der Waals surface area contributed by atoms with Crippen molar-refractivity contribution in [2.75, 3.05) is 5.32 Å². The molecule has 0 saturated heterocycles. The van der Waals surface area contributed by atoms with Crippen molar-refractivity contribution < 1.29 is 5.11 Å². The van der Waals surface area contributed by atoms with Gasteiger partial charge in [0.05, 0.1) is 12.2 Å². The minimum Gasteiger partial charge on any atom is -0.493 e. The third-order valence-electron chi connectivity index (χ3n) is 4.55. The minimum absolute atomic E-state index is 0.242. The van der Waals surface area contributed by atoms with E-state index >= 15 is 0 Å². The Labute approximate surface area is 163 Å². The molecule has 1 fully saturated rings. The number of benzene rings is 1. The van der Waals surface area contributed by atoms with Gasteiger partial charge in [-0.05, 0) is 24.5 Å². The summed E-state index contributed by atoms with van der Waals surface area (Å²) < 4.78 is 1.57. The molecule has 0 amide bonds. The van der Waals surface area contributed by atoms with Gasteiger partial charge in [0, 0.05) is 11.8 Å². The molecule has 3 aromatic heterocycles. The zero-order chi connectivity index (χ0) is 19.8. The van der Waals surface area contributed by atoms with Crippen molar-refractivity contribution in [1.29, 1.82) is 0 Å². The molecule has 10 heteroatoms. The molecular weight excluding hydrogens is 372 g/mol. The third-order valence-corrected chi connectivity index (χ3v) is 4.55. The van der Waals surface area contributed by atoms with Crippen LogP contribution in [0.4, 0.5) is 5.95 Å². The van der Waals surface area contributed by atoms with Crippen molar-refractivity contribution in [1.82, 2.24) is 29.5 Å². The maximum Gasteiger partial charge on any atom is 0.326 e. The van der Waals surface area contributed by atoms with Crippen molar-refractivity contribution in [3.8, 4) is 5.88 Å². The number of aromatic amines is 2. The lowest BCUT2D eigenvalue weighted by Crippen LogP contribution is -2.24. The molecule has 0 radical (unpaired) electrons. The fraction of sp³-hybridized carbons (Fsp3) is 0.211. The molecule has 1 aliphatic rings. The van der Waals surface area contributed by atoms with Gasteiger partial charge in [0.25, 0.3) is 5.62 Å². The number of nitrogens with zero attached hydrogens (tertiary/aromatic N) is 5. The van der Waals surface area contributed by atoms with E-state index < -0.39 is 5.69 Å². The van der Waals surface area contributed by atoms with Crippen molar-refractivity contribution in [3.63, 3.8) is 0 Å². The second-order valence-electron chi connectivity index (χ2n) is 6.87. The Morgan fingerprint density at radius 1 is 1.24 bits per heavy atom. The van der Waals surface area contributed by atoms with E-state index in [1.165, 1.54) is 0 Å². The zero-order valence-corrected chi connectivity index (χ0v) is 15.3. The quantitative estimate of drug-likeness (QED) is 0.381. The number of hydrogen-bond donors (Lipinski definition) is 4. The summed E-state index contributed by atoms with van der Waals surface area (Å²) in [6, 6.07) is 10.2. The summed E-state index contributed by atoms with van der Waals surface area (Å²) in [5, 5.41) is 18.0. The molecule has 4 aromatic rings. The lowest BCUT2D eigenvalue weighted by molar-refractivity contribution is 0.454. The zero-order valence-electron chi connectivity index (χ0n) is 15.3. The van der Waals surface area contributed by atoms with Gasteiger partial charge in [-0.1, -0.05) is 30.3 Å². The van der Waals surface area contributed by atoms with E-state index in [0.717, 1.165) is 18.4 Å². The first-order valence-electron chi connectivity index (χ1n) is 9.26. The molecule has 0 spiro atoms. The Kier molecular flexibility index (Phi) is 4.08. The van der Waals surface area contributed by atoms with Crippen LogP contribution in [0.1, 0.15) is 24.1 Å². The van der Waals surface area contributed by atoms with Crippen molar-refractivity contribution >= 4 is 17.7 Å². The lowest BCUT2D eigenvalue weighted by atomic mass is 10.2.